The molecule has 0 saturated heterocycles. The molecule has 2 aromatic rings. The van der Waals surface area contributed by atoms with Crippen LogP contribution in [0.3, 0.4) is 0 Å². The highest BCUT2D eigenvalue weighted by molar-refractivity contribution is 7.08. The maximum atomic E-state index is 5.00. The molecule has 0 saturated carbocycles. The van der Waals surface area contributed by atoms with Crippen LogP contribution in [0.1, 0.15) is 5.69 Å². The van der Waals surface area contributed by atoms with Gasteiger partial charge in [-0.1, -0.05) is 5.16 Å². The van der Waals surface area contributed by atoms with Crippen LogP contribution in [-0.4, -0.2) is 5.16 Å². The molecule has 0 aromatic carbocycles. The molecular formula is C8H6NOS. The molecule has 0 atom stereocenters. The van der Waals surface area contributed by atoms with Crippen molar-refractivity contribution >= 4 is 11.3 Å². The Labute approximate surface area is 68.5 Å². The molecule has 2 heterocycles. The van der Waals surface area contributed by atoms with Gasteiger partial charge in [-0.25, -0.2) is 0 Å². The molecule has 1 radical (unpaired) electrons. The molecule has 2 aromatic heterocycles. The normalized spacial score (nSPS) is 10.3. The lowest BCUT2D eigenvalue weighted by atomic mass is 10.2. The lowest BCUT2D eigenvalue weighted by molar-refractivity contribution is 0.429. The van der Waals surface area contributed by atoms with E-state index in [2.05, 4.69) is 12.1 Å². The number of thiophene rings is 1. The average Bonchev–Trinajstić information content (AvgIpc) is 2.55. The zero-order chi connectivity index (χ0) is 7.68. The second-order valence-electron chi connectivity index (χ2n) is 2.19. The number of nitrogens with zero attached hydrogens (tertiary/aromatic N) is 1. The van der Waals surface area contributed by atoms with Crippen LogP contribution in [0, 0.1) is 6.92 Å². The summed E-state index contributed by atoms with van der Waals surface area (Å²) in [7, 11) is 0. The lowest BCUT2D eigenvalue weighted by Crippen LogP contribution is -1.62. The van der Waals surface area contributed by atoms with E-state index in [9.17, 15) is 0 Å². The van der Waals surface area contributed by atoms with Gasteiger partial charge in [0.2, 0.25) is 0 Å². The standard InChI is InChI=1S/C8H6NOS/c1-6-4-8(10-9-6)7-2-3-11-5-7/h2-5H,1H2. The quantitative estimate of drug-likeness (QED) is 0.647. The third-order valence-corrected chi connectivity index (χ3v) is 2.05. The van der Waals surface area contributed by atoms with Crippen molar-refractivity contribution in [3.8, 4) is 11.3 Å². The van der Waals surface area contributed by atoms with Gasteiger partial charge >= 0.3 is 0 Å². The van der Waals surface area contributed by atoms with Crippen molar-refractivity contribution in [2.24, 2.45) is 0 Å². The van der Waals surface area contributed by atoms with Gasteiger partial charge in [0.25, 0.3) is 0 Å². The summed E-state index contributed by atoms with van der Waals surface area (Å²) in [5.41, 5.74) is 1.74. The van der Waals surface area contributed by atoms with Gasteiger partial charge in [-0.3, -0.25) is 0 Å². The molecule has 11 heavy (non-hydrogen) atoms. The molecule has 0 aliphatic rings. The van der Waals surface area contributed by atoms with Gasteiger partial charge in [-0.05, 0) is 18.4 Å². The monoisotopic (exact) mass is 164 g/mol. The number of hydrogen-bond acceptors (Lipinski definition) is 3. The molecule has 0 fully saturated rings. The minimum absolute atomic E-state index is 0.672. The second kappa shape index (κ2) is 2.51. The van der Waals surface area contributed by atoms with Crippen LogP contribution in [0.25, 0.3) is 11.3 Å². The van der Waals surface area contributed by atoms with Crippen LogP contribution in [0.4, 0.5) is 0 Å². The fraction of sp³-hybridized carbons (Fsp3) is 0. The van der Waals surface area contributed by atoms with Gasteiger partial charge < -0.3 is 4.52 Å². The van der Waals surface area contributed by atoms with E-state index in [-0.39, 0.29) is 0 Å². The summed E-state index contributed by atoms with van der Waals surface area (Å²) < 4.78 is 5.00. The minimum Gasteiger partial charge on any atom is -0.356 e. The van der Waals surface area contributed by atoms with E-state index >= 15 is 0 Å². The predicted molar refractivity (Wildman–Crippen MR) is 44.3 cm³/mol. The summed E-state index contributed by atoms with van der Waals surface area (Å²) in [6.45, 7) is 3.65. The SMILES string of the molecule is [CH2]c1cc(-c2ccsc2)on1. The first-order chi connectivity index (χ1) is 5.36. The summed E-state index contributed by atoms with van der Waals surface area (Å²) in [5.74, 6) is 0.788. The van der Waals surface area contributed by atoms with E-state index in [0.717, 1.165) is 11.3 Å². The van der Waals surface area contributed by atoms with Gasteiger partial charge in [0, 0.05) is 17.0 Å². The Morgan fingerprint density at radius 2 is 2.45 bits per heavy atom. The molecule has 0 aliphatic heterocycles. The van der Waals surface area contributed by atoms with Gasteiger partial charge in [-0.15, -0.1) is 0 Å². The van der Waals surface area contributed by atoms with E-state index in [4.69, 9.17) is 4.52 Å². The zero-order valence-electron chi connectivity index (χ0n) is 5.78. The van der Waals surface area contributed by atoms with Gasteiger partial charge in [0.15, 0.2) is 5.76 Å². The highest BCUT2D eigenvalue weighted by Gasteiger charge is 2.02. The minimum atomic E-state index is 0.672. The Bertz CT molecular complexity index is 337. The molecule has 2 nitrogen and oxygen atoms in total. The van der Waals surface area contributed by atoms with Crippen molar-refractivity contribution in [1.29, 1.82) is 0 Å². The van der Waals surface area contributed by atoms with Crippen LogP contribution >= 0.6 is 11.3 Å². The first-order valence-electron chi connectivity index (χ1n) is 3.17. The molecule has 2 rings (SSSR count). The topological polar surface area (TPSA) is 26.0 Å². The highest BCUT2D eigenvalue weighted by Crippen LogP contribution is 2.22. The van der Waals surface area contributed by atoms with E-state index in [1.165, 1.54) is 0 Å². The first kappa shape index (κ1) is 6.61. The molecule has 0 aliphatic carbocycles. The molecule has 0 bridgehead atoms. The Hall–Kier alpha value is -1.09. The van der Waals surface area contributed by atoms with Gasteiger partial charge in [-0.2, -0.15) is 11.3 Å². The Balaban J connectivity index is 2.45. The van der Waals surface area contributed by atoms with Crippen molar-refractivity contribution in [2.75, 3.05) is 0 Å². The van der Waals surface area contributed by atoms with Crippen LogP contribution in [0.2, 0.25) is 0 Å². The van der Waals surface area contributed by atoms with Gasteiger partial charge in [0.05, 0.1) is 5.69 Å². The Morgan fingerprint density at radius 1 is 1.55 bits per heavy atom. The average molecular weight is 164 g/mol. The number of aromatic nitrogens is 1. The van der Waals surface area contributed by atoms with Crippen molar-refractivity contribution in [1.82, 2.24) is 5.16 Å². The van der Waals surface area contributed by atoms with Crippen molar-refractivity contribution in [3.05, 3.63) is 35.5 Å². The molecule has 0 amide bonds. The Kier molecular flexibility index (Phi) is 1.51. The number of rotatable bonds is 1. The summed E-state index contributed by atoms with van der Waals surface area (Å²) >= 11 is 1.64. The number of hydrogen-bond donors (Lipinski definition) is 0. The van der Waals surface area contributed by atoms with E-state index in [1.807, 2.05) is 22.9 Å². The van der Waals surface area contributed by atoms with Crippen LogP contribution in [0.5, 0.6) is 0 Å². The van der Waals surface area contributed by atoms with E-state index < -0.39 is 0 Å². The van der Waals surface area contributed by atoms with Crippen LogP contribution in [-0.2, 0) is 0 Å². The van der Waals surface area contributed by atoms with Gasteiger partial charge in [0.1, 0.15) is 0 Å². The van der Waals surface area contributed by atoms with Crippen molar-refractivity contribution < 1.29 is 4.52 Å². The predicted octanol–water partition coefficient (Wildman–Crippen LogP) is 2.59. The second-order valence-corrected chi connectivity index (χ2v) is 2.97. The fourth-order valence-corrected chi connectivity index (χ4v) is 1.50. The highest BCUT2D eigenvalue weighted by atomic mass is 32.1. The largest absolute Gasteiger partial charge is 0.356 e. The maximum absolute atomic E-state index is 5.00. The summed E-state index contributed by atoms with van der Waals surface area (Å²) in [6, 6.07) is 3.81. The smallest absolute Gasteiger partial charge is 0.167 e. The molecule has 0 unspecified atom stereocenters. The van der Waals surface area contributed by atoms with Crippen LogP contribution in [0.15, 0.2) is 27.4 Å². The fourth-order valence-electron chi connectivity index (χ4n) is 0.853. The summed E-state index contributed by atoms with van der Waals surface area (Å²) in [4.78, 5) is 0. The molecule has 55 valence electrons. The van der Waals surface area contributed by atoms with Crippen LogP contribution < -0.4 is 0 Å². The summed E-state index contributed by atoms with van der Waals surface area (Å²) in [6.07, 6.45) is 0. The molecule has 3 heteroatoms. The molecular weight excluding hydrogens is 158 g/mol. The molecule has 0 spiro atoms. The van der Waals surface area contributed by atoms with E-state index in [0.29, 0.717) is 5.69 Å². The summed E-state index contributed by atoms with van der Waals surface area (Å²) in [5, 5.41) is 7.71. The van der Waals surface area contributed by atoms with E-state index in [1.54, 1.807) is 11.3 Å². The third-order valence-electron chi connectivity index (χ3n) is 1.36. The lowest BCUT2D eigenvalue weighted by Gasteiger charge is -1.83. The maximum Gasteiger partial charge on any atom is 0.167 e. The first-order valence-corrected chi connectivity index (χ1v) is 4.12. The van der Waals surface area contributed by atoms with Crippen molar-refractivity contribution in [2.45, 2.75) is 0 Å². The molecule has 0 N–H and O–H groups in total. The Morgan fingerprint density at radius 3 is 3.00 bits per heavy atom. The zero-order valence-corrected chi connectivity index (χ0v) is 6.60. The van der Waals surface area contributed by atoms with Crippen molar-refractivity contribution in [3.63, 3.8) is 0 Å². The third kappa shape index (κ3) is 1.19.